The van der Waals surface area contributed by atoms with E-state index < -0.39 is 0 Å². The van der Waals surface area contributed by atoms with Gasteiger partial charge in [-0.05, 0) is 18.1 Å². The van der Waals surface area contributed by atoms with Crippen molar-refractivity contribution in [3.8, 4) is 0 Å². The Kier molecular flexibility index (Phi) is 5.74. The van der Waals surface area contributed by atoms with Gasteiger partial charge in [-0.3, -0.25) is 0 Å². The maximum atomic E-state index is 5.58. The number of ether oxygens (including phenoxy) is 2. The van der Waals surface area contributed by atoms with Crippen molar-refractivity contribution >= 4 is 0 Å². The van der Waals surface area contributed by atoms with Crippen molar-refractivity contribution in [2.75, 3.05) is 20.3 Å². The summed E-state index contributed by atoms with van der Waals surface area (Å²) in [5.74, 6) is 0. The molecule has 0 aliphatic carbocycles. The van der Waals surface area contributed by atoms with Crippen molar-refractivity contribution in [2.24, 2.45) is 0 Å². The summed E-state index contributed by atoms with van der Waals surface area (Å²) in [5, 5.41) is 0. The van der Waals surface area contributed by atoms with Crippen molar-refractivity contribution in [2.45, 2.75) is 13.5 Å². The summed E-state index contributed by atoms with van der Waals surface area (Å²) in [4.78, 5) is 0. The highest BCUT2D eigenvalue weighted by Gasteiger charge is 1.96. The van der Waals surface area contributed by atoms with Crippen LogP contribution >= 0.6 is 0 Å². The summed E-state index contributed by atoms with van der Waals surface area (Å²) >= 11 is 0. The van der Waals surface area contributed by atoms with Gasteiger partial charge in [0.25, 0.3) is 0 Å². The van der Waals surface area contributed by atoms with E-state index in [4.69, 9.17) is 9.47 Å². The highest BCUT2D eigenvalue weighted by Crippen LogP contribution is 2.03. The monoisotopic (exact) mass is 206 g/mol. The normalized spacial score (nSPS) is 11.7. The molecule has 2 heteroatoms. The van der Waals surface area contributed by atoms with E-state index in [1.807, 2.05) is 31.2 Å². The summed E-state index contributed by atoms with van der Waals surface area (Å²) in [5.41, 5.74) is 2.37. The predicted molar refractivity (Wildman–Crippen MR) is 61.7 cm³/mol. The maximum absolute atomic E-state index is 5.58. The third-order valence-electron chi connectivity index (χ3n) is 2.14. The lowest BCUT2D eigenvalue weighted by Crippen LogP contribution is -2.03. The molecule has 82 valence electrons. The van der Waals surface area contributed by atoms with Gasteiger partial charge in [-0.15, -0.1) is 0 Å². The van der Waals surface area contributed by atoms with Crippen LogP contribution in [0, 0.1) is 0 Å². The van der Waals surface area contributed by atoms with Crippen LogP contribution in [0.1, 0.15) is 12.5 Å². The molecule has 0 unspecified atom stereocenters. The Labute approximate surface area is 91.5 Å². The van der Waals surface area contributed by atoms with Crippen molar-refractivity contribution in [1.82, 2.24) is 0 Å². The van der Waals surface area contributed by atoms with Gasteiger partial charge in [0.05, 0.1) is 19.8 Å². The van der Waals surface area contributed by atoms with Crippen molar-refractivity contribution in [3.05, 3.63) is 47.5 Å². The van der Waals surface area contributed by atoms with Gasteiger partial charge in [0, 0.05) is 7.11 Å². The molecule has 0 aromatic heterocycles. The second-order valence-electron chi connectivity index (χ2n) is 3.36. The van der Waals surface area contributed by atoms with Crippen LogP contribution in [0.5, 0.6) is 0 Å². The average Bonchev–Trinajstić information content (AvgIpc) is 2.29. The lowest BCUT2D eigenvalue weighted by Gasteiger charge is -2.07. The zero-order valence-corrected chi connectivity index (χ0v) is 9.40. The van der Waals surface area contributed by atoms with Crippen LogP contribution in [0.25, 0.3) is 0 Å². The number of allylic oxidation sites excluding steroid dienone is 1. The molecule has 2 nitrogen and oxygen atoms in total. The molecule has 0 aliphatic heterocycles. The summed E-state index contributed by atoms with van der Waals surface area (Å²) < 4.78 is 10.6. The zero-order valence-electron chi connectivity index (χ0n) is 9.40. The first-order chi connectivity index (χ1) is 7.36. The van der Waals surface area contributed by atoms with Crippen LogP contribution in [0.15, 0.2) is 42.0 Å². The fourth-order valence-corrected chi connectivity index (χ4v) is 1.27. The van der Waals surface area contributed by atoms with Gasteiger partial charge in [0.1, 0.15) is 0 Å². The Hall–Kier alpha value is -1.12. The maximum Gasteiger partial charge on any atom is 0.0721 e. The van der Waals surface area contributed by atoms with E-state index in [0.717, 1.165) is 0 Å². The van der Waals surface area contributed by atoms with Gasteiger partial charge >= 0.3 is 0 Å². The third-order valence-corrected chi connectivity index (χ3v) is 2.14. The molecule has 1 rings (SSSR count). The minimum Gasteiger partial charge on any atom is -0.380 e. The second kappa shape index (κ2) is 7.21. The minimum atomic E-state index is 0.638. The van der Waals surface area contributed by atoms with Gasteiger partial charge in [0.15, 0.2) is 0 Å². The van der Waals surface area contributed by atoms with Crippen molar-refractivity contribution in [3.63, 3.8) is 0 Å². The molecule has 0 spiro atoms. The largest absolute Gasteiger partial charge is 0.380 e. The smallest absolute Gasteiger partial charge is 0.0721 e. The van der Waals surface area contributed by atoms with Gasteiger partial charge in [-0.1, -0.05) is 36.4 Å². The number of hydrogen-bond donors (Lipinski definition) is 0. The number of benzene rings is 1. The van der Waals surface area contributed by atoms with E-state index in [1.165, 1.54) is 11.1 Å². The molecule has 1 aromatic rings. The molecule has 0 N–H and O–H groups in total. The Morgan fingerprint density at radius 1 is 1.20 bits per heavy atom. The van der Waals surface area contributed by atoms with Gasteiger partial charge in [-0.2, -0.15) is 0 Å². The number of rotatable bonds is 6. The van der Waals surface area contributed by atoms with E-state index in [9.17, 15) is 0 Å². The quantitative estimate of drug-likeness (QED) is 0.666. The third kappa shape index (κ3) is 4.77. The molecular weight excluding hydrogens is 188 g/mol. The van der Waals surface area contributed by atoms with Gasteiger partial charge in [0.2, 0.25) is 0 Å². The van der Waals surface area contributed by atoms with E-state index in [2.05, 4.69) is 12.1 Å². The molecule has 0 bridgehead atoms. The van der Waals surface area contributed by atoms with Crippen molar-refractivity contribution in [1.29, 1.82) is 0 Å². The first-order valence-electron chi connectivity index (χ1n) is 5.11. The van der Waals surface area contributed by atoms with Crippen molar-refractivity contribution < 1.29 is 9.47 Å². The van der Waals surface area contributed by atoms with Crippen LogP contribution < -0.4 is 0 Å². The lowest BCUT2D eigenvalue weighted by atomic mass is 10.2. The summed E-state index contributed by atoms with van der Waals surface area (Å²) in [6.45, 7) is 3.94. The van der Waals surface area contributed by atoms with E-state index in [-0.39, 0.29) is 0 Å². The summed E-state index contributed by atoms with van der Waals surface area (Å²) in [6, 6.07) is 10.2. The van der Waals surface area contributed by atoms with Crippen LogP contribution in [0.4, 0.5) is 0 Å². The van der Waals surface area contributed by atoms with Crippen LogP contribution in [-0.4, -0.2) is 20.3 Å². The Morgan fingerprint density at radius 2 is 1.93 bits per heavy atom. The van der Waals surface area contributed by atoms with Crippen LogP contribution in [0.3, 0.4) is 0 Å². The molecule has 0 atom stereocenters. The molecule has 0 saturated heterocycles. The van der Waals surface area contributed by atoms with Gasteiger partial charge < -0.3 is 9.47 Å². The predicted octanol–water partition coefficient (Wildman–Crippen LogP) is 2.80. The molecular formula is C13H18O2. The highest BCUT2D eigenvalue weighted by atomic mass is 16.5. The number of hydrogen-bond acceptors (Lipinski definition) is 2. The lowest BCUT2D eigenvalue weighted by molar-refractivity contribution is 0.126. The molecule has 0 heterocycles. The Balaban J connectivity index is 2.27. The first kappa shape index (κ1) is 12.0. The first-order valence-corrected chi connectivity index (χ1v) is 5.11. The molecule has 0 amide bonds. The minimum absolute atomic E-state index is 0.638. The average molecular weight is 206 g/mol. The van der Waals surface area contributed by atoms with Crippen LogP contribution in [0.2, 0.25) is 0 Å². The Morgan fingerprint density at radius 3 is 2.53 bits per heavy atom. The van der Waals surface area contributed by atoms with E-state index >= 15 is 0 Å². The number of methoxy groups -OCH3 is 1. The van der Waals surface area contributed by atoms with E-state index in [0.29, 0.717) is 19.8 Å². The molecule has 0 aliphatic rings. The standard InChI is InChI=1S/C13H18O2/c1-3-12(9-14-2)10-15-11-13-7-5-4-6-8-13/h3-8H,9-11H2,1-2H3/b12-3-. The summed E-state index contributed by atoms with van der Waals surface area (Å²) in [6.07, 6.45) is 2.04. The molecule has 0 saturated carbocycles. The molecule has 0 radical (unpaired) electrons. The Bertz CT molecular complexity index is 291. The summed E-state index contributed by atoms with van der Waals surface area (Å²) in [7, 11) is 1.70. The van der Waals surface area contributed by atoms with Crippen LogP contribution in [-0.2, 0) is 16.1 Å². The SMILES string of the molecule is C/C=C(/COC)COCc1ccccc1. The zero-order chi connectivity index (χ0) is 10.9. The molecule has 1 aromatic carbocycles. The second-order valence-corrected chi connectivity index (χ2v) is 3.36. The topological polar surface area (TPSA) is 18.5 Å². The van der Waals surface area contributed by atoms with E-state index in [1.54, 1.807) is 7.11 Å². The fourth-order valence-electron chi connectivity index (χ4n) is 1.27. The fraction of sp³-hybridized carbons (Fsp3) is 0.385. The molecule has 0 fully saturated rings. The molecule has 15 heavy (non-hydrogen) atoms. The highest BCUT2D eigenvalue weighted by molar-refractivity contribution is 5.13. The van der Waals surface area contributed by atoms with Gasteiger partial charge in [-0.25, -0.2) is 0 Å².